The summed E-state index contributed by atoms with van der Waals surface area (Å²) < 4.78 is 0. The number of rotatable bonds is 7. The van der Waals surface area contributed by atoms with Crippen LogP contribution < -0.4 is 16.0 Å². The lowest BCUT2D eigenvalue weighted by atomic mass is 10.1. The van der Waals surface area contributed by atoms with Crippen molar-refractivity contribution in [3.8, 4) is 0 Å². The Balaban J connectivity index is 2.00. The highest BCUT2D eigenvalue weighted by molar-refractivity contribution is 5.98. The first-order chi connectivity index (χ1) is 13.3. The predicted molar refractivity (Wildman–Crippen MR) is 112 cm³/mol. The van der Waals surface area contributed by atoms with Crippen LogP contribution in [0.1, 0.15) is 29.3 Å². The maximum absolute atomic E-state index is 12.3. The molecule has 3 amide bonds. The van der Waals surface area contributed by atoms with E-state index in [1.165, 1.54) is 4.90 Å². The van der Waals surface area contributed by atoms with Crippen LogP contribution in [0.3, 0.4) is 0 Å². The van der Waals surface area contributed by atoms with Gasteiger partial charge in [-0.1, -0.05) is 19.1 Å². The quantitative estimate of drug-likeness (QED) is 0.686. The zero-order valence-electron chi connectivity index (χ0n) is 16.6. The zero-order chi connectivity index (χ0) is 20.7. The molecule has 0 aromatic heterocycles. The first-order valence-electron chi connectivity index (χ1n) is 9.06. The summed E-state index contributed by atoms with van der Waals surface area (Å²) in [6.07, 6.45) is 0.398. The molecule has 0 heterocycles. The van der Waals surface area contributed by atoms with Gasteiger partial charge in [0.2, 0.25) is 11.8 Å². The first kappa shape index (κ1) is 21.0. The van der Waals surface area contributed by atoms with Crippen LogP contribution in [0.4, 0.5) is 17.1 Å². The molecule has 2 aromatic carbocycles. The van der Waals surface area contributed by atoms with E-state index in [4.69, 9.17) is 0 Å². The van der Waals surface area contributed by atoms with Crippen molar-refractivity contribution >= 4 is 34.8 Å². The molecule has 148 valence electrons. The van der Waals surface area contributed by atoms with Crippen molar-refractivity contribution in [3.63, 3.8) is 0 Å². The van der Waals surface area contributed by atoms with Gasteiger partial charge in [-0.05, 0) is 42.8 Å². The van der Waals surface area contributed by atoms with Gasteiger partial charge in [-0.25, -0.2) is 0 Å². The van der Waals surface area contributed by atoms with E-state index in [1.54, 1.807) is 45.3 Å². The van der Waals surface area contributed by atoms with Gasteiger partial charge >= 0.3 is 0 Å². The van der Waals surface area contributed by atoms with E-state index >= 15 is 0 Å². The van der Waals surface area contributed by atoms with Gasteiger partial charge in [0.1, 0.15) is 0 Å². The molecule has 0 radical (unpaired) electrons. The van der Waals surface area contributed by atoms with Crippen LogP contribution >= 0.6 is 0 Å². The molecule has 3 N–H and O–H groups in total. The minimum Gasteiger partial charge on any atom is -0.376 e. The Hall–Kier alpha value is -3.35. The molecule has 0 saturated heterocycles. The van der Waals surface area contributed by atoms with Crippen molar-refractivity contribution in [2.45, 2.75) is 20.3 Å². The number of nitrogens with zero attached hydrogens (tertiary/aromatic N) is 1. The average Bonchev–Trinajstić information content (AvgIpc) is 2.68. The van der Waals surface area contributed by atoms with Gasteiger partial charge < -0.3 is 20.9 Å². The van der Waals surface area contributed by atoms with Crippen molar-refractivity contribution in [1.82, 2.24) is 4.90 Å². The number of nitrogens with one attached hydrogen (secondary N) is 3. The summed E-state index contributed by atoms with van der Waals surface area (Å²) in [7, 11) is 3.35. The molecular formula is C21H26N4O3. The topological polar surface area (TPSA) is 90.5 Å². The number of hydrogen-bond acceptors (Lipinski definition) is 4. The van der Waals surface area contributed by atoms with Gasteiger partial charge in [0.25, 0.3) is 5.91 Å². The smallest absolute Gasteiger partial charge is 0.253 e. The van der Waals surface area contributed by atoms with Crippen molar-refractivity contribution in [2.24, 2.45) is 0 Å². The van der Waals surface area contributed by atoms with Crippen molar-refractivity contribution in [2.75, 3.05) is 36.6 Å². The molecule has 0 aliphatic heterocycles. The van der Waals surface area contributed by atoms with Crippen molar-refractivity contribution < 1.29 is 14.4 Å². The number of carbonyl (C=O) groups is 3. The summed E-state index contributed by atoms with van der Waals surface area (Å²) in [5, 5.41) is 8.70. The second-order valence-corrected chi connectivity index (χ2v) is 6.56. The summed E-state index contributed by atoms with van der Waals surface area (Å²) in [6, 6.07) is 12.3. The standard InChI is InChI=1S/C21H26N4O3/c1-5-19(26)24-18-11-7-10-17(14(18)2)22-13-20(27)23-16-9-6-8-15(12-16)21(28)25(3)4/h6-12,22H,5,13H2,1-4H3,(H,23,27)(H,24,26). The molecule has 0 fully saturated rings. The molecule has 0 unspecified atom stereocenters. The van der Waals surface area contributed by atoms with Gasteiger partial charge in [0.15, 0.2) is 0 Å². The molecule has 0 bridgehead atoms. The predicted octanol–water partition coefficient (Wildman–Crippen LogP) is 3.10. The molecule has 28 heavy (non-hydrogen) atoms. The van der Waals surface area contributed by atoms with Crippen LogP contribution in [0, 0.1) is 6.92 Å². The van der Waals surface area contributed by atoms with Crippen LogP contribution in [-0.2, 0) is 9.59 Å². The van der Waals surface area contributed by atoms with Crippen LogP contribution in [-0.4, -0.2) is 43.3 Å². The minimum absolute atomic E-state index is 0.0534. The number of amides is 3. The van der Waals surface area contributed by atoms with E-state index in [0.717, 1.165) is 11.3 Å². The number of anilines is 3. The van der Waals surface area contributed by atoms with Crippen LogP contribution in [0.5, 0.6) is 0 Å². The molecule has 0 saturated carbocycles. The van der Waals surface area contributed by atoms with Gasteiger partial charge in [0.05, 0.1) is 6.54 Å². The Morgan fingerprint density at radius 1 is 0.929 bits per heavy atom. The van der Waals surface area contributed by atoms with Gasteiger partial charge in [0, 0.05) is 43.1 Å². The van der Waals surface area contributed by atoms with Crippen LogP contribution in [0.25, 0.3) is 0 Å². The second-order valence-electron chi connectivity index (χ2n) is 6.56. The van der Waals surface area contributed by atoms with E-state index in [1.807, 2.05) is 25.1 Å². The molecule has 0 spiro atoms. The fourth-order valence-electron chi connectivity index (χ4n) is 2.57. The molecular weight excluding hydrogens is 356 g/mol. The van der Waals surface area contributed by atoms with Gasteiger partial charge in [-0.3, -0.25) is 14.4 Å². The third kappa shape index (κ3) is 5.57. The summed E-state index contributed by atoms with van der Waals surface area (Å²) in [5.41, 5.74) is 3.40. The second kappa shape index (κ2) is 9.55. The Morgan fingerprint density at radius 3 is 2.29 bits per heavy atom. The summed E-state index contributed by atoms with van der Waals surface area (Å²) in [5.74, 6) is -0.433. The molecule has 7 nitrogen and oxygen atoms in total. The maximum atomic E-state index is 12.3. The SMILES string of the molecule is CCC(=O)Nc1cccc(NCC(=O)Nc2cccc(C(=O)N(C)C)c2)c1C. The highest BCUT2D eigenvalue weighted by atomic mass is 16.2. The largest absolute Gasteiger partial charge is 0.376 e. The highest BCUT2D eigenvalue weighted by Crippen LogP contribution is 2.23. The summed E-state index contributed by atoms with van der Waals surface area (Å²) >= 11 is 0. The monoisotopic (exact) mass is 382 g/mol. The third-order valence-corrected chi connectivity index (χ3v) is 4.17. The van der Waals surface area contributed by atoms with Crippen molar-refractivity contribution in [1.29, 1.82) is 0 Å². The molecule has 7 heteroatoms. The highest BCUT2D eigenvalue weighted by Gasteiger charge is 2.11. The number of hydrogen-bond donors (Lipinski definition) is 3. The molecule has 0 aliphatic carbocycles. The Labute approximate surface area is 165 Å². The number of benzene rings is 2. The lowest BCUT2D eigenvalue weighted by Gasteiger charge is -2.14. The Morgan fingerprint density at radius 2 is 1.61 bits per heavy atom. The lowest BCUT2D eigenvalue weighted by molar-refractivity contribution is -0.116. The maximum Gasteiger partial charge on any atom is 0.253 e. The average molecular weight is 382 g/mol. The number of carbonyl (C=O) groups excluding carboxylic acids is 3. The Kier molecular flexibility index (Phi) is 7.14. The fraction of sp³-hybridized carbons (Fsp3) is 0.286. The van der Waals surface area contributed by atoms with E-state index in [9.17, 15) is 14.4 Å². The van der Waals surface area contributed by atoms with E-state index in [0.29, 0.717) is 23.4 Å². The van der Waals surface area contributed by atoms with Gasteiger partial charge in [-0.2, -0.15) is 0 Å². The van der Waals surface area contributed by atoms with Crippen LogP contribution in [0.15, 0.2) is 42.5 Å². The zero-order valence-corrected chi connectivity index (χ0v) is 16.6. The van der Waals surface area contributed by atoms with Gasteiger partial charge in [-0.15, -0.1) is 0 Å². The molecule has 2 rings (SSSR count). The van der Waals surface area contributed by atoms with Crippen LogP contribution in [0.2, 0.25) is 0 Å². The lowest BCUT2D eigenvalue weighted by Crippen LogP contribution is -2.23. The fourth-order valence-corrected chi connectivity index (χ4v) is 2.57. The molecule has 0 atom stereocenters. The van der Waals surface area contributed by atoms with E-state index in [2.05, 4.69) is 16.0 Å². The third-order valence-electron chi connectivity index (χ3n) is 4.17. The normalized spacial score (nSPS) is 10.1. The van der Waals surface area contributed by atoms with Crippen molar-refractivity contribution in [3.05, 3.63) is 53.6 Å². The molecule has 2 aromatic rings. The molecule has 0 aliphatic rings. The Bertz CT molecular complexity index is 878. The van der Waals surface area contributed by atoms with E-state index < -0.39 is 0 Å². The summed E-state index contributed by atoms with van der Waals surface area (Å²) in [6.45, 7) is 3.72. The first-order valence-corrected chi connectivity index (χ1v) is 9.06. The minimum atomic E-state index is -0.239. The van der Waals surface area contributed by atoms with E-state index in [-0.39, 0.29) is 24.3 Å². The summed E-state index contributed by atoms with van der Waals surface area (Å²) in [4.78, 5) is 37.4.